The normalized spacial score (nSPS) is 11.0. The predicted molar refractivity (Wildman–Crippen MR) is 86.2 cm³/mol. The molecule has 0 radical (unpaired) electrons. The number of hydrogen-bond donors (Lipinski definition) is 0. The van der Waals surface area contributed by atoms with Gasteiger partial charge >= 0.3 is 6.61 Å². The van der Waals surface area contributed by atoms with E-state index in [2.05, 4.69) is 9.84 Å². The molecular formula is C17H21F2N3O2. The van der Waals surface area contributed by atoms with Crippen molar-refractivity contribution < 1.29 is 18.3 Å². The van der Waals surface area contributed by atoms with E-state index in [0.29, 0.717) is 12.1 Å². The Morgan fingerprint density at radius 2 is 1.92 bits per heavy atom. The van der Waals surface area contributed by atoms with E-state index in [0.717, 1.165) is 23.5 Å². The Morgan fingerprint density at radius 1 is 1.29 bits per heavy atom. The second kappa shape index (κ2) is 7.42. The van der Waals surface area contributed by atoms with Crippen molar-refractivity contribution in [2.75, 3.05) is 7.05 Å². The molecule has 130 valence electrons. The summed E-state index contributed by atoms with van der Waals surface area (Å²) in [7, 11) is 1.70. The molecule has 0 saturated heterocycles. The first-order valence-corrected chi connectivity index (χ1v) is 7.66. The van der Waals surface area contributed by atoms with Crippen LogP contribution < -0.4 is 4.74 Å². The van der Waals surface area contributed by atoms with Crippen LogP contribution in [0.3, 0.4) is 0 Å². The van der Waals surface area contributed by atoms with Gasteiger partial charge in [0.2, 0.25) is 0 Å². The molecule has 2 rings (SSSR count). The zero-order valence-corrected chi connectivity index (χ0v) is 14.2. The van der Waals surface area contributed by atoms with Gasteiger partial charge in [0.15, 0.2) is 0 Å². The maximum atomic E-state index is 12.5. The average Bonchev–Trinajstić information content (AvgIpc) is 2.81. The number of alkyl halides is 2. The standard InChI is InChI=1S/C17H21F2N3O2/c1-5-22-12(3)15(11(2)20-22)10-21(4)16(23)13-6-8-14(9-7-13)24-17(18)19/h6-9,17H,5,10H2,1-4H3. The number of aromatic nitrogens is 2. The Kier molecular flexibility index (Phi) is 5.54. The number of carbonyl (C=O) groups is 1. The summed E-state index contributed by atoms with van der Waals surface area (Å²) in [4.78, 5) is 14.1. The Bertz CT molecular complexity index is 711. The van der Waals surface area contributed by atoms with Crippen molar-refractivity contribution in [3.63, 3.8) is 0 Å². The minimum atomic E-state index is -2.88. The second-order valence-corrected chi connectivity index (χ2v) is 5.53. The van der Waals surface area contributed by atoms with Crippen molar-refractivity contribution in [3.05, 3.63) is 46.8 Å². The molecule has 0 N–H and O–H groups in total. The van der Waals surface area contributed by atoms with Crippen LogP contribution >= 0.6 is 0 Å². The molecule has 5 nitrogen and oxygen atoms in total. The smallest absolute Gasteiger partial charge is 0.387 e. The quantitative estimate of drug-likeness (QED) is 0.812. The van der Waals surface area contributed by atoms with Gasteiger partial charge in [0.25, 0.3) is 5.91 Å². The first-order chi connectivity index (χ1) is 11.3. The van der Waals surface area contributed by atoms with Gasteiger partial charge in [0.05, 0.1) is 5.69 Å². The van der Waals surface area contributed by atoms with E-state index in [1.807, 2.05) is 25.5 Å². The highest BCUT2D eigenvalue weighted by Crippen LogP contribution is 2.18. The van der Waals surface area contributed by atoms with E-state index >= 15 is 0 Å². The number of carbonyl (C=O) groups excluding carboxylic acids is 1. The molecule has 7 heteroatoms. The molecule has 0 aliphatic heterocycles. The van der Waals surface area contributed by atoms with Gasteiger partial charge in [-0.15, -0.1) is 0 Å². The molecule has 0 aliphatic carbocycles. The molecular weight excluding hydrogens is 316 g/mol. The lowest BCUT2D eigenvalue weighted by molar-refractivity contribution is -0.0498. The molecule has 0 atom stereocenters. The molecule has 24 heavy (non-hydrogen) atoms. The third-order valence-electron chi connectivity index (χ3n) is 3.90. The molecule has 0 spiro atoms. The largest absolute Gasteiger partial charge is 0.435 e. The van der Waals surface area contributed by atoms with Crippen LogP contribution in [0.25, 0.3) is 0 Å². The van der Waals surface area contributed by atoms with Gasteiger partial charge < -0.3 is 9.64 Å². The summed E-state index contributed by atoms with van der Waals surface area (Å²) < 4.78 is 30.5. The van der Waals surface area contributed by atoms with E-state index in [-0.39, 0.29) is 11.7 Å². The van der Waals surface area contributed by atoms with E-state index in [1.165, 1.54) is 24.3 Å². The summed E-state index contributed by atoms with van der Waals surface area (Å²) in [6.45, 7) is 4.25. The summed E-state index contributed by atoms with van der Waals surface area (Å²) in [6, 6.07) is 5.68. The molecule has 1 aromatic carbocycles. The lowest BCUT2D eigenvalue weighted by Gasteiger charge is -2.18. The number of hydrogen-bond acceptors (Lipinski definition) is 3. The van der Waals surface area contributed by atoms with Crippen molar-refractivity contribution in [1.29, 1.82) is 0 Å². The van der Waals surface area contributed by atoms with Crippen LogP contribution in [0.2, 0.25) is 0 Å². The third-order valence-corrected chi connectivity index (χ3v) is 3.90. The van der Waals surface area contributed by atoms with E-state index in [9.17, 15) is 13.6 Å². The van der Waals surface area contributed by atoms with Crippen molar-refractivity contribution in [1.82, 2.24) is 14.7 Å². The zero-order valence-electron chi connectivity index (χ0n) is 14.2. The Morgan fingerprint density at radius 3 is 2.42 bits per heavy atom. The molecule has 0 aliphatic rings. The fourth-order valence-electron chi connectivity index (χ4n) is 2.58. The number of amides is 1. The summed E-state index contributed by atoms with van der Waals surface area (Å²) in [5, 5.41) is 4.44. The van der Waals surface area contributed by atoms with Gasteiger partial charge in [-0.3, -0.25) is 9.48 Å². The summed E-state index contributed by atoms with van der Waals surface area (Å²) in [5.74, 6) is -0.165. The first kappa shape index (κ1) is 17.9. The highest BCUT2D eigenvalue weighted by atomic mass is 19.3. The SMILES string of the molecule is CCn1nc(C)c(CN(C)C(=O)c2ccc(OC(F)F)cc2)c1C. The van der Waals surface area contributed by atoms with Gasteiger partial charge in [-0.2, -0.15) is 13.9 Å². The number of aryl methyl sites for hydroxylation is 2. The molecule has 0 bridgehead atoms. The maximum absolute atomic E-state index is 12.5. The van der Waals surface area contributed by atoms with Gasteiger partial charge in [0, 0.05) is 37.0 Å². The van der Waals surface area contributed by atoms with Crippen molar-refractivity contribution in [2.45, 2.75) is 40.5 Å². The second-order valence-electron chi connectivity index (χ2n) is 5.53. The van der Waals surface area contributed by atoms with Gasteiger partial charge in [-0.1, -0.05) is 0 Å². The average molecular weight is 337 g/mol. The van der Waals surface area contributed by atoms with Crippen LogP contribution in [0.1, 0.15) is 34.2 Å². The maximum Gasteiger partial charge on any atom is 0.387 e. The summed E-state index contributed by atoms with van der Waals surface area (Å²) in [5.41, 5.74) is 3.37. The number of benzene rings is 1. The van der Waals surface area contributed by atoms with Gasteiger partial charge in [0.1, 0.15) is 5.75 Å². The van der Waals surface area contributed by atoms with Crippen LogP contribution in [0.15, 0.2) is 24.3 Å². The molecule has 1 heterocycles. The Balaban J connectivity index is 2.11. The van der Waals surface area contributed by atoms with E-state index in [4.69, 9.17) is 0 Å². The number of ether oxygens (including phenoxy) is 1. The minimum Gasteiger partial charge on any atom is -0.435 e. The van der Waals surface area contributed by atoms with E-state index < -0.39 is 6.61 Å². The van der Waals surface area contributed by atoms with Gasteiger partial charge in [-0.05, 0) is 45.0 Å². The molecule has 1 aromatic heterocycles. The minimum absolute atomic E-state index is 0.0279. The summed E-state index contributed by atoms with van der Waals surface area (Å²) >= 11 is 0. The van der Waals surface area contributed by atoms with Gasteiger partial charge in [-0.25, -0.2) is 0 Å². The molecule has 0 saturated carbocycles. The highest BCUT2D eigenvalue weighted by molar-refractivity contribution is 5.94. The van der Waals surface area contributed by atoms with E-state index in [1.54, 1.807) is 11.9 Å². The lowest BCUT2D eigenvalue weighted by atomic mass is 10.1. The monoisotopic (exact) mass is 337 g/mol. The van der Waals surface area contributed by atoms with Crippen molar-refractivity contribution >= 4 is 5.91 Å². The third kappa shape index (κ3) is 3.90. The number of rotatable bonds is 6. The molecule has 2 aromatic rings. The number of halogens is 2. The van der Waals surface area contributed by atoms with Crippen LogP contribution in [-0.4, -0.2) is 34.2 Å². The molecule has 0 unspecified atom stereocenters. The Labute approximate surface area is 139 Å². The van der Waals surface area contributed by atoms with Crippen molar-refractivity contribution in [3.8, 4) is 5.75 Å². The highest BCUT2D eigenvalue weighted by Gasteiger charge is 2.17. The van der Waals surface area contributed by atoms with Crippen LogP contribution in [0.5, 0.6) is 5.75 Å². The zero-order chi connectivity index (χ0) is 17.9. The van der Waals surface area contributed by atoms with Crippen LogP contribution in [0, 0.1) is 13.8 Å². The number of nitrogens with zero attached hydrogens (tertiary/aromatic N) is 3. The first-order valence-electron chi connectivity index (χ1n) is 7.66. The predicted octanol–water partition coefficient (Wildman–Crippen LogP) is 3.39. The fourth-order valence-corrected chi connectivity index (χ4v) is 2.58. The summed E-state index contributed by atoms with van der Waals surface area (Å²) in [6.07, 6.45) is 0. The topological polar surface area (TPSA) is 47.4 Å². The molecule has 0 fully saturated rings. The molecule has 1 amide bonds. The van der Waals surface area contributed by atoms with Crippen molar-refractivity contribution in [2.24, 2.45) is 0 Å². The van der Waals surface area contributed by atoms with Crippen LogP contribution in [-0.2, 0) is 13.1 Å². The Hall–Kier alpha value is -2.44. The van der Waals surface area contributed by atoms with Crippen LogP contribution in [0.4, 0.5) is 8.78 Å². The fraction of sp³-hybridized carbons (Fsp3) is 0.412. The lowest BCUT2D eigenvalue weighted by Crippen LogP contribution is -2.26.